The zero-order valence-corrected chi connectivity index (χ0v) is 13.5. The van der Waals surface area contributed by atoms with Gasteiger partial charge in [0.15, 0.2) is 11.5 Å². The number of methoxy groups -OCH3 is 1. The molecule has 0 fully saturated rings. The van der Waals surface area contributed by atoms with Crippen molar-refractivity contribution in [2.24, 2.45) is 0 Å². The molecule has 0 aromatic heterocycles. The van der Waals surface area contributed by atoms with Crippen molar-refractivity contribution in [2.45, 2.75) is 6.92 Å². The molecule has 0 aliphatic carbocycles. The van der Waals surface area contributed by atoms with Gasteiger partial charge in [0, 0.05) is 11.6 Å². The largest absolute Gasteiger partial charge is 0.493 e. The fraction of sp³-hybridized carbons (Fsp3) is 0.167. The molecule has 0 unspecified atom stereocenters. The predicted octanol–water partition coefficient (Wildman–Crippen LogP) is 4.95. The van der Waals surface area contributed by atoms with Gasteiger partial charge in [0.2, 0.25) is 0 Å². The number of benzene rings is 2. The number of allylic oxidation sites excluding steroid dienone is 1. The normalized spacial score (nSPS) is 11.0. The number of nitriles is 1. The van der Waals surface area contributed by atoms with Crippen molar-refractivity contribution in [3.05, 3.63) is 58.4 Å². The SMILES string of the molecule is CCOc1cc(C=C(C#N)c2ccccc2F)c(Cl)cc1OC. The quantitative estimate of drug-likeness (QED) is 0.575. The Hall–Kier alpha value is -2.51. The number of halogens is 2. The number of hydrogen-bond acceptors (Lipinski definition) is 3. The first-order valence-corrected chi connectivity index (χ1v) is 7.35. The molecule has 0 radical (unpaired) electrons. The van der Waals surface area contributed by atoms with Crippen LogP contribution in [0.2, 0.25) is 5.02 Å². The Kier molecular flexibility index (Phi) is 5.61. The van der Waals surface area contributed by atoms with Crippen LogP contribution in [0.25, 0.3) is 11.6 Å². The smallest absolute Gasteiger partial charge is 0.162 e. The standard InChI is InChI=1S/C18H15ClFNO2/c1-3-23-18-9-12(15(19)10-17(18)22-2)8-13(11-21)14-6-4-5-7-16(14)20/h4-10H,3H2,1-2H3. The average molecular weight is 332 g/mol. The van der Waals surface area contributed by atoms with Gasteiger partial charge in [0.1, 0.15) is 5.82 Å². The van der Waals surface area contributed by atoms with E-state index in [0.29, 0.717) is 28.7 Å². The van der Waals surface area contributed by atoms with E-state index in [1.54, 1.807) is 30.3 Å². The second kappa shape index (κ2) is 7.66. The van der Waals surface area contributed by atoms with E-state index in [-0.39, 0.29) is 11.1 Å². The summed E-state index contributed by atoms with van der Waals surface area (Å²) < 4.78 is 24.6. The van der Waals surface area contributed by atoms with Crippen molar-refractivity contribution in [3.63, 3.8) is 0 Å². The van der Waals surface area contributed by atoms with Crippen molar-refractivity contribution in [1.29, 1.82) is 5.26 Å². The Bertz CT molecular complexity index is 781. The lowest BCUT2D eigenvalue weighted by molar-refractivity contribution is 0.311. The highest BCUT2D eigenvalue weighted by molar-refractivity contribution is 6.32. The first-order valence-electron chi connectivity index (χ1n) is 6.97. The third-order valence-electron chi connectivity index (χ3n) is 3.17. The summed E-state index contributed by atoms with van der Waals surface area (Å²) >= 11 is 6.23. The van der Waals surface area contributed by atoms with Crippen molar-refractivity contribution < 1.29 is 13.9 Å². The van der Waals surface area contributed by atoms with Gasteiger partial charge in [0.05, 0.1) is 30.4 Å². The number of ether oxygens (including phenoxy) is 2. The summed E-state index contributed by atoms with van der Waals surface area (Å²) in [5, 5.41) is 9.73. The van der Waals surface area contributed by atoms with Gasteiger partial charge in [-0.25, -0.2) is 4.39 Å². The van der Waals surface area contributed by atoms with Gasteiger partial charge in [-0.15, -0.1) is 0 Å². The topological polar surface area (TPSA) is 42.2 Å². The summed E-state index contributed by atoms with van der Waals surface area (Å²) in [6, 6.07) is 11.4. The summed E-state index contributed by atoms with van der Waals surface area (Å²) in [5.74, 6) is 0.546. The molecule has 3 nitrogen and oxygen atoms in total. The fourth-order valence-corrected chi connectivity index (χ4v) is 2.30. The van der Waals surface area contributed by atoms with Crippen molar-refractivity contribution in [2.75, 3.05) is 13.7 Å². The first-order chi connectivity index (χ1) is 11.1. The molecular weight excluding hydrogens is 317 g/mol. The minimum atomic E-state index is -0.463. The molecule has 23 heavy (non-hydrogen) atoms. The highest BCUT2D eigenvalue weighted by Crippen LogP contribution is 2.35. The Morgan fingerprint density at radius 1 is 1.30 bits per heavy atom. The van der Waals surface area contributed by atoms with Crippen LogP contribution in [-0.4, -0.2) is 13.7 Å². The summed E-state index contributed by atoms with van der Waals surface area (Å²) in [4.78, 5) is 0. The molecule has 2 aromatic rings. The molecule has 0 saturated carbocycles. The molecule has 0 atom stereocenters. The van der Waals surface area contributed by atoms with Crippen LogP contribution in [0.5, 0.6) is 11.5 Å². The van der Waals surface area contributed by atoms with E-state index in [4.69, 9.17) is 21.1 Å². The average Bonchev–Trinajstić information content (AvgIpc) is 2.56. The zero-order chi connectivity index (χ0) is 16.8. The third-order valence-corrected chi connectivity index (χ3v) is 3.49. The molecule has 0 spiro atoms. The fourth-order valence-electron chi connectivity index (χ4n) is 2.09. The van der Waals surface area contributed by atoms with Crippen LogP contribution < -0.4 is 9.47 Å². The van der Waals surface area contributed by atoms with Crippen LogP contribution in [0, 0.1) is 17.1 Å². The molecule has 0 aliphatic heterocycles. The van der Waals surface area contributed by atoms with Crippen LogP contribution in [-0.2, 0) is 0 Å². The molecule has 0 bridgehead atoms. The van der Waals surface area contributed by atoms with Crippen molar-refractivity contribution in [3.8, 4) is 17.6 Å². The van der Waals surface area contributed by atoms with E-state index in [1.165, 1.54) is 19.3 Å². The molecular formula is C18H15ClFNO2. The Balaban J connectivity index is 2.54. The summed E-state index contributed by atoms with van der Waals surface area (Å²) in [6.07, 6.45) is 1.53. The molecule has 2 rings (SSSR count). The minimum Gasteiger partial charge on any atom is -0.493 e. The van der Waals surface area contributed by atoms with Crippen LogP contribution in [0.1, 0.15) is 18.1 Å². The maximum absolute atomic E-state index is 13.9. The monoisotopic (exact) mass is 331 g/mol. The number of hydrogen-bond donors (Lipinski definition) is 0. The van der Waals surface area contributed by atoms with Gasteiger partial charge in [-0.3, -0.25) is 0 Å². The summed E-state index contributed by atoms with van der Waals surface area (Å²) in [6.45, 7) is 2.31. The maximum Gasteiger partial charge on any atom is 0.162 e. The van der Waals surface area contributed by atoms with Gasteiger partial charge in [0.25, 0.3) is 0 Å². The highest BCUT2D eigenvalue weighted by Gasteiger charge is 2.12. The van der Waals surface area contributed by atoms with Crippen molar-refractivity contribution in [1.82, 2.24) is 0 Å². The third kappa shape index (κ3) is 3.82. The van der Waals surface area contributed by atoms with Gasteiger partial charge >= 0.3 is 0 Å². The number of nitrogens with zero attached hydrogens (tertiary/aromatic N) is 1. The molecule has 5 heteroatoms. The van der Waals surface area contributed by atoms with Gasteiger partial charge in [-0.2, -0.15) is 5.26 Å². The second-order valence-electron chi connectivity index (χ2n) is 4.61. The van der Waals surface area contributed by atoms with E-state index in [1.807, 2.05) is 13.0 Å². The summed E-state index contributed by atoms with van der Waals surface area (Å²) in [5.41, 5.74) is 0.952. The van der Waals surface area contributed by atoms with Crippen molar-refractivity contribution >= 4 is 23.3 Å². The molecule has 0 N–H and O–H groups in total. The van der Waals surface area contributed by atoms with Gasteiger partial charge in [-0.05, 0) is 30.7 Å². The van der Waals surface area contributed by atoms with Crippen LogP contribution in [0.4, 0.5) is 4.39 Å². The first kappa shape index (κ1) is 16.9. The lowest BCUT2D eigenvalue weighted by atomic mass is 10.0. The zero-order valence-electron chi connectivity index (χ0n) is 12.8. The molecule has 2 aromatic carbocycles. The van der Waals surface area contributed by atoms with E-state index >= 15 is 0 Å². The van der Waals surface area contributed by atoms with E-state index in [2.05, 4.69) is 0 Å². The Labute approximate surface area is 139 Å². The molecule has 0 aliphatic rings. The molecule has 0 saturated heterocycles. The predicted molar refractivity (Wildman–Crippen MR) is 89.1 cm³/mol. The van der Waals surface area contributed by atoms with Gasteiger partial charge < -0.3 is 9.47 Å². The Morgan fingerprint density at radius 2 is 2.04 bits per heavy atom. The molecule has 0 heterocycles. The minimum absolute atomic E-state index is 0.178. The van der Waals surface area contributed by atoms with E-state index < -0.39 is 5.82 Å². The molecule has 0 amide bonds. The van der Waals surface area contributed by atoms with Crippen LogP contribution in [0.3, 0.4) is 0 Å². The lowest BCUT2D eigenvalue weighted by Gasteiger charge is -2.11. The number of rotatable bonds is 5. The maximum atomic E-state index is 13.9. The summed E-state index contributed by atoms with van der Waals surface area (Å²) in [7, 11) is 1.52. The van der Waals surface area contributed by atoms with Crippen LogP contribution >= 0.6 is 11.6 Å². The second-order valence-corrected chi connectivity index (χ2v) is 5.01. The Morgan fingerprint density at radius 3 is 2.65 bits per heavy atom. The van der Waals surface area contributed by atoms with E-state index in [9.17, 15) is 9.65 Å². The van der Waals surface area contributed by atoms with Crippen LogP contribution in [0.15, 0.2) is 36.4 Å². The van der Waals surface area contributed by atoms with E-state index in [0.717, 1.165) is 0 Å². The van der Waals surface area contributed by atoms with Gasteiger partial charge in [-0.1, -0.05) is 29.8 Å². The highest BCUT2D eigenvalue weighted by atomic mass is 35.5. The lowest BCUT2D eigenvalue weighted by Crippen LogP contribution is -1.96. The molecule has 118 valence electrons.